The summed E-state index contributed by atoms with van der Waals surface area (Å²) < 4.78 is 5.54. The van der Waals surface area contributed by atoms with E-state index in [2.05, 4.69) is 5.32 Å². The molecule has 28 heavy (non-hydrogen) atoms. The number of hydrogen-bond acceptors (Lipinski definition) is 3. The minimum absolute atomic E-state index is 0.0495. The van der Waals surface area contributed by atoms with Crippen LogP contribution in [0.5, 0.6) is 5.75 Å². The monoisotopic (exact) mass is 378 g/mol. The van der Waals surface area contributed by atoms with Crippen LogP contribution < -0.4 is 10.1 Å². The number of nitrogens with zero attached hydrogens (tertiary/aromatic N) is 1. The number of hydrogen-bond donors (Lipinski definition) is 1. The molecule has 146 valence electrons. The standard InChI is InChI=1S/C23H26N2O3/c1-28-21-10-6-5-9-18(21)19-14-25(15-20(19)23(27)24-17-11-12-17)22(26)13-16-7-3-2-4-8-16/h2-10,17,19-20H,11-15H2,1H3,(H,24,27). The van der Waals surface area contributed by atoms with Crippen LogP contribution in [-0.4, -0.2) is 43.0 Å². The topological polar surface area (TPSA) is 58.6 Å². The largest absolute Gasteiger partial charge is 0.496 e. The van der Waals surface area contributed by atoms with Gasteiger partial charge in [-0.05, 0) is 30.0 Å². The average molecular weight is 378 g/mol. The number of nitrogens with one attached hydrogen (secondary N) is 1. The number of para-hydroxylation sites is 1. The van der Waals surface area contributed by atoms with Gasteiger partial charge < -0.3 is 15.0 Å². The Hall–Kier alpha value is -2.82. The lowest BCUT2D eigenvalue weighted by atomic mass is 9.87. The van der Waals surface area contributed by atoms with Gasteiger partial charge in [-0.3, -0.25) is 9.59 Å². The third-order valence-corrected chi connectivity index (χ3v) is 5.67. The Kier molecular flexibility index (Phi) is 5.33. The molecule has 1 aliphatic heterocycles. The third kappa shape index (κ3) is 4.03. The Bertz CT molecular complexity index is 848. The maximum atomic E-state index is 12.9. The van der Waals surface area contributed by atoms with Gasteiger partial charge in [0.25, 0.3) is 0 Å². The van der Waals surface area contributed by atoms with Crippen LogP contribution in [0.2, 0.25) is 0 Å². The zero-order valence-electron chi connectivity index (χ0n) is 16.1. The van der Waals surface area contributed by atoms with Gasteiger partial charge in [-0.25, -0.2) is 0 Å². The first kappa shape index (κ1) is 18.5. The quantitative estimate of drug-likeness (QED) is 0.841. The van der Waals surface area contributed by atoms with E-state index in [1.807, 2.05) is 59.5 Å². The molecule has 2 aromatic carbocycles. The van der Waals surface area contributed by atoms with Crippen molar-refractivity contribution in [3.63, 3.8) is 0 Å². The molecule has 1 heterocycles. The highest BCUT2D eigenvalue weighted by Gasteiger charge is 2.42. The Morgan fingerprint density at radius 3 is 2.46 bits per heavy atom. The van der Waals surface area contributed by atoms with E-state index in [1.165, 1.54) is 0 Å². The lowest BCUT2D eigenvalue weighted by Gasteiger charge is -2.20. The third-order valence-electron chi connectivity index (χ3n) is 5.67. The summed E-state index contributed by atoms with van der Waals surface area (Å²) >= 11 is 0. The molecule has 1 saturated carbocycles. The fraction of sp³-hybridized carbons (Fsp3) is 0.391. The van der Waals surface area contributed by atoms with Crippen molar-refractivity contribution in [1.29, 1.82) is 0 Å². The van der Waals surface area contributed by atoms with Crippen LogP contribution in [0.25, 0.3) is 0 Å². The van der Waals surface area contributed by atoms with Gasteiger partial charge in [0.1, 0.15) is 5.75 Å². The number of rotatable bonds is 6. The zero-order chi connectivity index (χ0) is 19.5. The lowest BCUT2D eigenvalue weighted by Crippen LogP contribution is -2.37. The van der Waals surface area contributed by atoms with E-state index in [0.717, 1.165) is 29.7 Å². The van der Waals surface area contributed by atoms with Gasteiger partial charge in [0.15, 0.2) is 0 Å². The molecule has 0 aromatic heterocycles. The van der Waals surface area contributed by atoms with Crippen molar-refractivity contribution < 1.29 is 14.3 Å². The highest BCUT2D eigenvalue weighted by molar-refractivity contribution is 5.84. The second-order valence-electron chi connectivity index (χ2n) is 7.70. The summed E-state index contributed by atoms with van der Waals surface area (Å²) in [7, 11) is 1.64. The predicted molar refractivity (Wildman–Crippen MR) is 107 cm³/mol. The van der Waals surface area contributed by atoms with E-state index in [1.54, 1.807) is 7.11 Å². The molecule has 2 aromatic rings. The van der Waals surface area contributed by atoms with Crippen molar-refractivity contribution in [2.24, 2.45) is 5.92 Å². The maximum Gasteiger partial charge on any atom is 0.227 e. The van der Waals surface area contributed by atoms with E-state index < -0.39 is 0 Å². The van der Waals surface area contributed by atoms with Gasteiger partial charge in [0.05, 0.1) is 19.4 Å². The maximum absolute atomic E-state index is 12.9. The summed E-state index contributed by atoms with van der Waals surface area (Å²) in [5.74, 6) is 0.571. The number of carbonyl (C=O) groups excluding carboxylic acids is 2. The zero-order valence-corrected chi connectivity index (χ0v) is 16.1. The second-order valence-corrected chi connectivity index (χ2v) is 7.70. The molecule has 5 heteroatoms. The molecule has 4 rings (SSSR count). The van der Waals surface area contributed by atoms with Crippen molar-refractivity contribution in [3.8, 4) is 5.75 Å². The van der Waals surface area contributed by atoms with Crippen molar-refractivity contribution in [1.82, 2.24) is 10.2 Å². The van der Waals surface area contributed by atoms with Crippen LogP contribution in [0.4, 0.5) is 0 Å². The van der Waals surface area contributed by atoms with Crippen LogP contribution in [0, 0.1) is 5.92 Å². The minimum atomic E-state index is -0.253. The fourth-order valence-electron chi connectivity index (χ4n) is 3.98. The van der Waals surface area contributed by atoms with Crippen LogP contribution in [-0.2, 0) is 16.0 Å². The summed E-state index contributed by atoms with van der Waals surface area (Å²) in [6.07, 6.45) is 2.46. The van der Waals surface area contributed by atoms with Crippen molar-refractivity contribution in [3.05, 3.63) is 65.7 Å². The lowest BCUT2D eigenvalue weighted by molar-refractivity contribution is -0.130. The van der Waals surface area contributed by atoms with Crippen LogP contribution in [0.15, 0.2) is 54.6 Å². The number of methoxy groups -OCH3 is 1. The average Bonchev–Trinajstić information content (AvgIpc) is 3.42. The molecule has 1 saturated heterocycles. The second kappa shape index (κ2) is 8.05. The summed E-state index contributed by atoms with van der Waals surface area (Å²) in [6.45, 7) is 0.988. The molecule has 1 N–H and O–H groups in total. The number of carbonyl (C=O) groups is 2. The number of benzene rings is 2. The van der Waals surface area contributed by atoms with Gasteiger partial charge in [-0.15, -0.1) is 0 Å². The van der Waals surface area contributed by atoms with Crippen LogP contribution in [0.3, 0.4) is 0 Å². The smallest absolute Gasteiger partial charge is 0.227 e. The molecule has 2 amide bonds. The Morgan fingerprint density at radius 2 is 1.75 bits per heavy atom. The van der Waals surface area contributed by atoms with E-state index in [9.17, 15) is 9.59 Å². The molecule has 2 atom stereocenters. The van der Waals surface area contributed by atoms with Gasteiger partial charge in [-0.1, -0.05) is 48.5 Å². The van der Waals surface area contributed by atoms with E-state index in [4.69, 9.17) is 4.74 Å². The molecule has 0 bridgehead atoms. The first-order chi connectivity index (χ1) is 13.7. The summed E-state index contributed by atoms with van der Waals surface area (Å²) in [4.78, 5) is 27.7. The first-order valence-electron chi connectivity index (χ1n) is 9.90. The summed E-state index contributed by atoms with van der Waals surface area (Å²) in [5.41, 5.74) is 1.99. The van der Waals surface area contributed by atoms with Gasteiger partial charge in [0.2, 0.25) is 11.8 Å². The fourth-order valence-corrected chi connectivity index (χ4v) is 3.98. The van der Waals surface area contributed by atoms with Crippen LogP contribution in [0.1, 0.15) is 29.9 Å². The SMILES string of the molecule is COc1ccccc1C1CN(C(=O)Cc2ccccc2)CC1C(=O)NC1CC1. The van der Waals surface area contributed by atoms with Crippen molar-refractivity contribution in [2.75, 3.05) is 20.2 Å². The van der Waals surface area contributed by atoms with Gasteiger partial charge >= 0.3 is 0 Å². The molecular weight excluding hydrogens is 352 g/mol. The normalized spacial score (nSPS) is 21.4. The van der Waals surface area contributed by atoms with E-state index in [0.29, 0.717) is 25.6 Å². The van der Waals surface area contributed by atoms with Gasteiger partial charge in [-0.2, -0.15) is 0 Å². The van der Waals surface area contributed by atoms with Crippen molar-refractivity contribution in [2.45, 2.75) is 31.2 Å². The summed E-state index contributed by atoms with van der Waals surface area (Å²) in [6, 6.07) is 17.9. The molecule has 0 spiro atoms. The molecule has 2 fully saturated rings. The first-order valence-corrected chi connectivity index (χ1v) is 9.90. The predicted octanol–water partition coefficient (Wildman–Crippen LogP) is 2.76. The number of ether oxygens (including phenoxy) is 1. The molecule has 1 aliphatic carbocycles. The Labute approximate surface area is 165 Å². The van der Waals surface area contributed by atoms with Crippen LogP contribution >= 0.6 is 0 Å². The molecule has 5 nitrogen and oxygen atoms in total. The molecule has 2 aliphatic rings. The van der Waals surface area contributed by atoms with Crippen molar-refractivity contribution >= 4 is 11.8 Å². The molecule has 0 radical (unpaired) electrons. The Balaban J connectivity index is 1.55. The molecule has 2 unspecified atom stereocenters. The minimum Gasteiger partial charge on any atom is -0.496 e. The number of amides is 2. The summed E-state index contributed by atoms with van der Waals surface area (Å²) in [5, 5.41) is 3.12. The Morgan fingerprint density at radius 1 is 1.04 bits per heavy atom. The van der Waals surface area contributed by atoms with E-state index in [-0.39, 0.29) is 23.7 Å². The molecular formula is C23H26N2O3. The van der Waals surface area contributed by atoms with E-state index >= 15 is 0 Å². The number of likely N-dealkylation sites (tertiary alicyclic amines) is 1. The highest BCUT2D eigenvalue weighted by atomic mass is 16.5. The highest BCUT2D eigenvalue weighted by Crippen LogP contribution is 2.38. The van der Waals surface area contributed by atoms with Gasteiger partial charge in [0, 0.05) is 25.0 Å².